The first-order valence-corrected chi connectivity index (χ1v) is 8.73. The molecule has 0 fully saturated rings. The minimum absolute atomic E-state index is 0.141. The molecule has 0 radical (unpaired) electrons. The third-order valence-corrected chi connectivity index (χ3v) is 3.63. The van der Waals surface area contributed by atoms with Crippen LogP contribution < -0.4 is 10.1 Å². The van der Waals surface area contributed by atoms with Gasteiger partial charge < -0.3 is 19.5 Å². The third kappa shape index (κ3) is 7.22. The van der Waals surface area contributed by atoms with Crippen molar-refractivity contribution in [3.63, 3.8) is 0 Å². The Bertz CT molecular complexity index is 770. The molecule has 0 atom stereocenters. The van der Waals surface area contributed by atoms with Crippen molar-refractivity contribution >= 4 is 29.0 Å². The molecule has 2 aromatic rings. The molecule has 0 aliphatic heterocycles. The Morgan fingerprint density at radius 2 is 1.67 bits per heavy atom. The van der Waals surface area contributed by atoms with Gasteiger partial charge in [0.05, 0.1) is 5.41 Å². The summed E-state index contributed by atoms with van der Waals surface area (Å²) in [6, 6.07) is 13.0. The molecule has 27 heavy (non-hydrogen) atoms. The van der Waals surface area contributed by atoms with Crippen LogP contribution in [-0.2, 0) is 20.9 Å². The standard InChI is InChI=1S/C20H22FNO4S/c1-20(2,3)18(23)26-13-25-17-10-4-14(5-11-17)12-24-19(27)22-16-8-6-15(21)7-9-16/h4-11H,12-13H2,1-3H3,(H,22,27). The summed E-state index contributed by atoms with van der Waals surface area (Å²) in [6.07, 6.45) is 0. The summed E-state index contributed by atoms with van der Waals surface area (Å²) in [7, 11) is 0. The molecular formula is C20H22FNO4S. The van der Waals surface area contributed by atoms with Crippen molar-refractivity contribution in [2.75, 3.05) is 12.1 Å². The number of ether oxygens (including phenoxy) is 3. The van der Waals surface area contributed by atoms with Crippen LogP contribution in [0.1, 0.15) is 26.3 Å². The number of carbonyl (C=O) groups is 1. The number of carbonyl (C=O) groups excluding carboxylic acids is 1. The normalized spacial score (nSPS) is 10.8. The Balaban J connectivity index is 1.74. The zero-order valence-electron chi connectivity index (χ0n) is 15.5. The molecule has 1 N–H and O–H groups in total. The van der Waals surface area contributed by atoms with Crippen molar-refractivity contribution in [1.29, 1.82) is 0 Å². The van der Waals surface area contributed by atoms with Gasteiger partial charge in [0, 0.05) is 5.69 Å². The number of nitrogens with one attached hydrogen (secondary N) is 1. The van der Waals surface area contributed by atoms with E-state index in [4.69, 9.17) is 26.4 Å². The van der Waals surface area contributed by atoms with Crippen LogP contribution in [0.3, 0.4) is 0 Å². The average Bonchev–Trinajstić information content (AvgIpc) is 2.62. The van der Waals surface area contributed by atoms with Crippen LogP contribution in [0, 0.1) is 11.2 Å². The van der Waals surface area contributed by atoms with Gasteiger partial charge in [-0.3, -0.25) is 4.79 Å². The van der Waals surface area contributed by atoms with Gasteiger partial charge in [-0.2, -0.15) is 0 Å². The van der Waals surface area contributed by atoms with E-state index in [0.717, 1.165) is 5.56 Å². The van der Waals surface area contributed by atoms with Crippen molar-refractivity contribution < 1.29 is 23.4 Å². The lowest BCUT2D eigenvalue weighted by Crippen LogP contribution is -2.24. The third-order valence-electron chi connectivity index (χ3n) is 3.41. The molecule has 5 nitrogen and oxygen atoms in total. The van der Waals surface area contributed by atoms with Gasteiger partial charge in [0.25, 0.3) is 5.17 Å². The molecule has 0 aliphatic rings. The Labute approximate surface area is 163 Å². The molecule has 0 unspecified atom stereocenters. The van der Waals surface area contributed by atoms with Crippen LogP contribution in [0.4, 0.5) is 10.1 Å². The highest BCUT2D eigenvalue weighted by atomic mass is 32.1. The predicted octanol–water partition coefficient (Wildman–Crippen LogP) is 4.66. The van der Waals surface area contributed by atoms with E-state index >= 15 is 0 Å². The minimum Gasteiger partial charge on any atom is -0.466 e. The molecule has 144 valence electrons. The van der Waals surface area contributed by atoms with Gasteiger partial charge in [0.2, 0.25) is 6.79 Å². The van der Waals surface area contributed by atoms with Crippen LogP contribution >= 0.6 is 12.2 Å². The van der Waals surface area contributed by atoms with Crippen molar-refractivity contribution in [3.8, 4) is 5.75 Å². The molecule has 0 saturated carbocycles. The van der Waals surface area contributed by atoms with E-state index in [-0.39, 0.29) is 30.4 Å². The fraction of sp³-hybridized carbons (Fsp3) is 0.300. The number of hydrogen-bond acceptors (Lipinski definition) is 5. The first-order valence-electron chi connectivity index (χ1n) is 8.32. The summed E-state index contributed by atoms with van der Waals surface area (Å²) in [5, 5.41) is 3.06. The van der Waals surface area contributed by atoms with Crippen molar-refractivity contribution in [3.05, 3.63) is 59.9 Å². The summed E-state index contributed by atoms with van der Waals surface area (Å²) in [6.45, 7) is 5.46. The van der Waals surface area contributed by atoms with Crippen LogP contribution in [0.15, 0.2) is 48.5 Å². The second kappa shape index (κ2) is 9.32. The van der Waals surface area contributed by atoms with E-state index in [9.17, 15) is 9.18 Å². The molecule has 2 aromatic carbocycles. The van der Waals surface area contributed by atoms with E-state index in [1.807, 2.05) is 12.1 Å². The second-order valence-corrected chi connectivity index (χ2v) is 7.17. The SMILES string of the molecule is CC(C)(C)C(=O)OCOc1ccc(COC(=S)Nc2ccc(F)cc2)cc1. The maximum Gasteiger partial charge on any atom is 0.314 e. The average molecular weight is 391 g/mol. The number of esters is 1. The molecule has 0 heterocycles. The van der Waals surface area contributed by atoms with Crippen molar-refractivity contribution in [2.45, 2.75) is 27.4 Å². The lowest BCUT2D eigenvalue weighted by Gasteiger charge is -2.16. The first-order chi connectivity index (χ1) is 12.7. The summed E-state index contributed by atoms with van der Waals surface area (Å²) >= 11 is 5.11. The van der Waals surface area contributed by atoms with E-state index in [1.165, 1.54) is 12.1 Å². The molecular weight excluding hydrogens is 369 g/mol. The molecule has 0 amide bonds. The van der Waals surface area contributed by atoms with Gasteiger partial charge in [-0.15, -0.1) is 0 Å². The molecule has 0 saturated heterocycles. The maximum absolute atomic E-state index is 12.9. The Hall–Kier alpha value is -2.67. The molecule has 2 rings (SSSR count). The molecule has 0 aromatic heterocycles. The number of rotatable bonds is 6. The quantitative estimate of drug-likeness (QED) is 0.439. The highest BCUT2D eigenvalue weighted by Crippen LogP contribution is 2.17. The Kier molecular flexibility index (Phi) is 7.12. The molecule has 7 heteroatoms. The largest absolute Gasteiger partial charge is 0.466 e. The van der Waals surface area contributed by atoms with E-state index < -0.39 is 5.41 Å². The van der Waals surface area contributed by atoms with Crippen LogP contribution in [0.5, 0.6) is 5.75 Å². The van der Waals surface area contributed by atoms with Crippen molar-refractivity contribution in [2.24, 2.45) is 5.41 Å². The summed E-state index contributed by atoms with van der Waals surface area (Å²) in [5.74, 6) is -0.0648. The number of halogens is 1. The highest BCUT2D eigenvalue weighted by molar-refractivity contribution is 7.80. The fourth-order valence-corrected chi connectivity index (χ4v) is 2.06. The zero-order valence-corrected chi connectivity index (χ0v) is 16.3. The smallest absolute Gasteiger partial charge is 0.314 e. The van der Waals surface area contributed by atoms with Gasteiger partial charge in [-0.25, -0.2) is 4.39 Å². The minimum atomic E-state index is -0.565. The topological polar surface area (TPSA) is 56.8 Å². The summed E-state index contributed by atoms with van der Waals surface area (Å²) in [5.41, 5.74) is 0.970. The van der Waals surface area contributed by atoms with Gasteiger partial charge in [-0.1, -0.05) is 12.1 Å². The van der Waals surface area contributed by atoms with Gasteiger partial charge in [0.15, 0.2) is 0 Å². The molecule has 0 bridgehead atoms. The number of anilines is 1. The van der Waals surface area contributed by atoms with Crippen LogP contribution in [0.25, 0.3) is 0 Å². The molecule has 0 spiro atoms. The highest BCUT2D eigenvalue weighted by Gasteiger charge is 2.22. The van der Waals surface area contributed by atoms with E-state index in [2.05, 4.69) is 5.32 Å². The van der Waals surface area contributed by atoms with Gasteiger partial charge >= 0.3 is 5.97 Å². The van der Waals surface area contributed by atoms with Crippen LogP contribution in [-0.4, -0.2) is 17.9 Å². The van der Waals surface area contributed by atoms with Crippen LogP contribution in [0.2, 0.25) is 0 Å². The first kappa shape index (κ1) is 20.6. The number of thiocarbonyl (C=S) groups is 1. The number of benzene rings is 2. The summed E-state index contributed by atoms with van der Waals surface area (Å²) < 4.78 is 28.8. The van der Waals surface area contributed by atoms with Gasteiger partial charge in [-0.05, 0) is 75.0 Å². The summed E-state index contributed by atoms with van der Waals surface area (Å²) in [4.78, 5) is 11.7. The predicted molar refractivity (Wildman–Crippen MR) is 105 cm³/mol. The second-order valence-electron chi connectivity index (χ2n) is 6.80. The monoisotopic (exact) mass is 391 g/mol. The fourth-order valence-electron chi connectivity index (χ4n) is 1.89. The number of hydrogen-bond donors (Lipinski definition) is 1. The van der Waals surface area contributed by atoms with E-state index in [1.54, 1.807) is 45.0 Å². The zero-order chi connectivity index (χ0) is 19.9. The molecule has 0 aliphatic carbocycles. The maximum atomic E-state index is 12.9. The lowest BCUT2D eigenvalue weighted by molar-refractivity contribution is -0.159. The van der Waals surface area contributed by atoms with Gasteiger partial charge in [0.1, 0.15) is 18.2 Å². The van der Waals surface area contributed by atoms with Crippen molar-refractivity contribution in [1.82, 2.24) is 0 Å². The lowest BCUT2D eigenvalue weighted by atomic mass is 9.98. The Morgan fingerprint density at radius 1 is 1.04 bits per heavy atom. The Morgan fingerprint density at radius 3 is 2.26 bits per heavy atom. The van der Waals surface area contributed by atoms with E-state index in [0.29, 0.717) is 11.4 Å².